The smallest absolute Gasteiger partial charge is 0.303 e. The van der Waals surface area contributed by atoms with Crippen LogP contribution in [0.25, 0.3) is 0 Å². The van der Waals surface area contributed by atoms with Gasteiger partial charge in [-0.3, -0.25) is 9.59 Å². The third-order valence-corrected chi connectivity index (χ3v) is 5.07. The summed E-state index contributed by atoms with van der Waals surface area (Å²) in [4.78, 5) is 23.3. The molecule has 1 amide bonds. The Labute approximate surface area is 177 Å². The van der Waals surface area contributed by atoms with E-state index in [2.05, 4.69) is 15.6 Å². The number of aromatic nitrogens is 3. The van der Waals surface area contributed by atoms with Gasteiger partial charge in [0.05, 0.1) is 22.3 Å². The number of rotatable bonds is 7. The maximum Gasteiger partial charge on any atom is 0.303 e. The van der Waals surface area contributed by atoms with Gasteiger partial charge in [-0.05, 0) is 48.7 Å². The summed E-state index contributed by atoms with van der Waals surface area (Å²) in [6, 6.07) is 12.3. The highest BCUT2D eigenvalue weighted by Gasteiger charge is 2.17. The fraction of sp³-hybridized carbons (Fsp3) is 0.200. The van der Waals surface area contributed by atoms with Crippen LogP contribution in [-0.2, 0) is 17.8 Å². The van der Waals surface area contributed by atoms with Crippen LogP contribution in [0.4, 0.5) is 5.69 Å². The largest absolute Gasteiger partial charge is 0.481 e. The summed E-state index contributed by atoms with van der Waals surface area (Å²) >= 11 is 12.0. The van der Waals surface area contributed by atoms with Gasteiger partial charge in [0.25, 0.3) is 5.91 Å². The molecule has 0 unspecified atom stereocenters. The molecular formula is C20H18Cl2N4O3. The van der Waals surface area contributed by atoms with Gasteiger partial charge in [-0.1, -0.05) is 46.6 Å². The molecule has 7 nitrogen and oxygen atoms in total. The lowest BCUT2D eigenvalue weighted by atomic mass is 10.1. The van der Waals surface area contributed by atoms with Crippen molar-refractivity contribution in [1.82, 2.24) is 15.0 Å². The normalized spacial score (nSPS) is 10.7. The molecule has 9 heteroatoms. The minimum atomic E-state index is -0.867. The molecule has 3 rings (SSSR count). The molecule has 0 aliphatic rings. The number of halogens is 2. The van der Waals surface area contributed by atoms with E-state index in [-0.39, 0.29) is 12.1 Å². The predicted octanol–water partition coefficient (Wildman–Crippen LogP) is 4.21. The fourth-order valence-electron chi connectivity index (χ4n) is 2.78. The van der Waals surface area contributed by atoms with Crippen molar-refractivity contribution in [3.63, 3.8) is 0 Å². The van der Waals surface area contributed by atoms with Gasteiger partial charge in [0, 0.05) is 12.1 Å². The molecule has 1 heterocycles. The summed E-state index contributed by atoms with van der Waals surface area (Å²) in [6.07, 6.45) is 0.414. The third kappa shape index (κ3) is 5.34. The second-order valence-electron chi connectivity index (χ2n) is 6.48. The zero-order valence-electron chi connectivity index (χ0n) is 15.5. The van der Waals surface area contributed by atoms with E-state index in [1.165, 1.54) is 0 Å². The molecule has 2 N–H and O–H groups in total. The van der Waals surface area contributed by atoms with Crippen molar-refractivity contribution in [1.29, 1.82) is 0 Å². The highest BCUT2D eigenvalue weighted by Crippen LogP contribution is 2.23. The summed E-state index contributed by atoms with van der Waals surface area (Å²) < 4.78 is 1.61. The average Bonchev–Trinajstić information content (AvgIpc) is 3.04. The lowest BCUT2D eigenvalue weighted by Crippen LogP contribution is -2.14. The Morgan fingerprint density at radius 1 is 1.10 bits per heavy atom. The highest BCUT2D eigenvalue weighted by atomic mass is 35.5. The monoisotopic (exact) mass is 432 g/mol. The molecular weight excluding hydrogens is 415 g/mol. The lowest BCUT2D eigenvalue weighted by Gasteiger charge is -2.07. The SMILES string of the molecule is Cc1c(C(=O)Nc2cccc(CCC(=O)O)c2)nnn1Cc1ccc(Cl)c(Cl)c1. The first-order chi connectivity index (χ1) is 13.8. The number of aliphatic carboxylic acids is 1. The molecule has 0 saturated carbocycles. The Morgan fingerprint density at radius 3 is 2.62 bits per heavy atom. The average molecular weight is 433 g/mol. The standard InChI is InChI=1S/C20H18Cl2N4O3/c1-12-19(24-25-26(12)11-14-5-7-16(21)17(22)10-14)20(29)23-15-4-2-3-13(9-15)6-8-18(27)28/h2-5,7,9-10H,6,8,11H2,1H3,(H,23,29)(H,27,28). The lowest BCUT2D eigenvalue weighted by molar-refractivity contribution is -0.136. The van der Waals surface area contributed by atoms with E-state index in [0.717, 1.165) is 11.1 Å². The number of anilines is 1. The predicted molar refractivity (Wildman–Crippen MR) is 111 cm³/mol. The van der Waals surface area contributed by atoms with Gasteiger partial charge in [-0.2, -0.15) is 0 Å². The molecule has 0 spiro atoms. The van der Waals surface area contributed by atoms with Gasteiger partial charge in [-0.15, -0.1) is 5.10 Å². The summed E-state index contributed by atoms with van der Waals surface area (Å²) in [6.45, 7) is 2.16. The van der Waals surface area contributed by atoms with Gasteiger partial charge in [0.2, 0.25) is 0 Å². The minimum absolute atomic E-state index is 0.0273. The van der Waals surface area contributed by atoms with E-state index in [1.807, 2.05) is 12.1 Å². The minimum Gasteiger partial charge on any atom is -0.481 e. The first-order valence-corrected chi connectivity index (χ1v) is 9.55. The Morgan fingerprint density at radius 2 is 1.90 bits per heavy atom. The fourth-order valence-corrected chi connectivity index (χ4v) is 3.10. The number of nitrogens with zero attached hydrogens (tertiary/aromatic N) is 3. The molecule has 0 radical (unpaired) electrons. The van der Waals surface area contributed by atoms with Gasteiger partial charge in [-0.25, -0.2) is 4.68 Å². The number of hydrogen-bond donors (Lipinski definition) is 2. The van der Waals surface area contributed by atoms with Gasteiger partial charge in [0.15, 0.2) is 5.69 Å². The number of aryl methyl sites for hydroxylation is 1. The number of amides is 1. The number of carbonyl (C=O) groups excluding carboxylic acids is 1. The van der Waals surface area contributed by atoms with Crippen molar-refractivity contribution < 1.29 is 14.7 Å². The Hall–Kier alpha value is -2.90. The van der Waals surface area contributed by atoms with E-state index < -0.39 is 11.9 Å². The molecule has 2 aromatic carbocycles. The zero-order valence-corrected chi connectivity index (χ0v) is 17.0. The summed E-state index contributed by atoms with van der Waals surface area (Å²) in [5.74, 6) is -1.26. The maximum absolute atomic E-state index is 12.6. The number of benzene rings is 2. The van der Waals surface area contributed by atoms with Crippen molar-refractivity contribution >= 4 is 40.8 Å². The molecule has 1 aromatic heterocycles. The summed E-state index contributed by atoms with van der Waals surface area (Å²) in [7, 11) is 0. The van der Waals surface area contributed by atoms with Crippen LogP contribution in [0.2, 0.25) is 10.0 Å². The van der Waals surface area contributed by atoms with Crippen molar-refractivity contribution in [2.75, 3.05) is 5.32 Å². The molecule has 150 valence electrons. The second kappa shape index (κ2) is 9.07. The zero-order chi connectivity index (χ0) is 21.0. The van der Waals surface area contributed by atoms with Crippen LogP contribution in [0.1, 0.15) is 33.7 Å². The van der Waals surface area contributed by atoms with Gasteiger partial charge >= 0.3 is 5.97 Å². The molecule has 29 heavy (non-hydrogen) atoms. The van der Waals surface area contributed by atoms with Gasteiger partial charge in [0.1, 0.15) is 0 Å². The molecule has 0 aliphatic heterocycles. The van der Waals surface area contributed by atoms with Crippen LogP contribution in [0, 0.1) is 6.92 Å². The van der Waals surface area contributed by atoms with Crippen LogP contribution in [0.15, 0.2) is 42.5 Å². The first-order valence-electron chi connectivity index (χ1n) is 8.79. The molecule has 0 saturated heterocycles. The number of nitrogens with one attached hydrogen (secondary N) is 1. The van der Waals surface area contributed by atoms with E-state index in [9.17, 15) is 9.59 Å². The van der Waals surface area contributed by atoms with Crippen LogP contribution < -0.4 is 5.32 Å². The number of carbonyl (C=O) groups is 2. The second-order valence-corrected chi connectivity index (χ2v) is 7.29. The van der Waals surface area contributed by atoms with Crippen molar-refractivity contribution in [3.05, 3.63) is 75.0 Å². The van der Waals surface area contributed by atoms with Crippen LogP contribution in [0.3, 0.4) is 0 Å². The summed E-state index contributed by atoms with van der Waals surface area (Å²) in [5, 5.41) is 20.6. The maximum atomic E-state index is 12.6. The number of carboxylic acid groups (broad SMARTS) is 1. The van der Waals surface area contributed by atoms with Crippen LogP contribution >= 0.6 is 23.2 Å². The number of hydrogen-bond acceptors (Lipinski definition) is 4. The molecule has 0 fully saturated rings. The molecule has 0 bridgehead atoms. The Bertz CT molecular complexity index is 1070. The van der Waals surface area contributed by atoms with E-state index in [1.54, 1.807) is 41.9 Å². The van der Waals surface area contributed by atoms with E-state index in [4.69, 9.17) is 28.3 Å². The highest BCUT2D eigenvalue weighted by molar-refractivity contribution is 6.42. The molecule has 3 aromatic rings. The number of carboxylic acids is 1. The molecule has 0 aliphatic carbocycles. The van der Waals surface area contributed by atoms with Crippen LogP contribution in [0.5, 0.6) is 0 Å². The third-order valence-electron chi connectivity index (χ3n) is 4.33. The van der Waals surface area contributed by atoms with Crippen LogP contribution in [-0.4, -0.2) is 32.0 Å². The first kappa shape index (κ1) is 20.8. The Kier molecular flexibility index (Phi) is 6.51. The van der Waals surface area contributed by atoms with Crippen molar-refractivity contribution in [2.24, 2.45) is 0 Å². The summed E-state index contributed by atoms with van der Waals surface area (Å²) in [5.41, 5.74) is 3.09. The quantitative estimate of drug-likeness (QED) is 0.582. The topological polar surface area (TPSA) is 97.1 Å². The van der Waals surface area contributed by atoms with Crippen molar-refractivity contribution in [3.8, 4) is 0 Å². The van der Waals surface area contributed by atoms with E-state index in [0.29, 0.717) is 34.4 Å². The van der Waals surface area contributed by atoms with Gasteiger partial charge < -0.3 is 10.4 Å². The molecule has 0 atom stereocenters. The van der Waals surface area contributed by atoms with Crippen molar-refractivity contribution in [2.45, 2.75) is 26.3 Å². The Balaban J connectivity index is 1.71. The van der Waals surface area contributed by atoms with E-state index >= 15 is 0 Å².